The van der Waals surface area contributed by atoms with E-state index in [4.69, 9.17) is 5.73 Å². The first kappa shape index (κ1) is 16.0. The smallest absolute Gasteiger partial charge is 0.239 e. The van der Waals surface area contributed by atoms with Gasteiger partial charge in [-0.3, -0.25) is 9.59 Å². The molecule has 110 valence electrons. The minimum Gasteiger partial charge on any atom is -0.352 e. The molecule has 1 saturated heterocycles. The van der Waals surface area contributed by atoms with Gasteiger partial charge in [0.1, 0.15) is 0 Å². The number of rotatable bonds is 6. The molecule has 0 saturated carbocycles. The number of nitrogens with one attached hydrogen (secondary N) is 1. The van der Waals surface area contributed by atoms with Crippen LogP contribution in [-0.4, -0.2) is 41.9 Å². The highest BCUT2D eigenvalue weighted by Crippen LogP contribution is 2.12. The Bertz CT molecular complexity index is 307. The van der Waals surface area contributed by atoms with Gasteiger partial charge in [-0.2, -0.15) is 0 Å². The Morgan fingerprint density at radius 1 is 1.37 bits per heavy atom. The monoisotopic (exact) mass is 269 g/mol. The maximum Gasteiger partial charge on any atom is 0.239 e. The van der Waals surface area contributed by atoms with Gasteiger partial charge >= 0.3 is 0 Å². The van der Waals surface area contributed by atoms with Crippen LogP contribution in [0.1, 0.15) is 52.4 Å². The second kappa shape index (κ2) is 8.15. The summed E-state index contributed by atoms with van der Waals surface area (Å²) in [4.78, 5) is 25.5. The third-order valence-corrected chi connectivity index (χ3v) is 3.49. The molecule has 1 aliphatic heterocycles. The summed E-state index contributed by atoms with van der Waals surface area (Å²) < 4.78 is 0. The number of nitrogens with zero attached hydrogens (tertiary/aromatic N) is 1. The first-order valence-electron chi connectivity index (χ1n) is 7.42. The molecule has 0 bridgehead atoms. The third kappa shape index (κ3) is 5.19. The fraction of sp³-hybridized carbons (Fsp3) is 0.857. The predicted molar refractivity (Wildman–Crippen MR) is 75.5 cm³/mol. The Labute approximate surface area is 115 Å². The molecule has 5 nitrogen and oxygen atoms in total. The van der Waals surface area contributed by atoms with E-state index in [2.05, 4.69) is 5.32 Å². The average Bonchev–Trinajstić information content (AvgIpc) is 2.38. The maximum atomic E-state index is 12.1. The molecule has 1 rings (SSSR count). The van der Waals surface area contributed by atoms with Crippen molar-refractivity contribution in [1.29, 1.82) is 0 Å². The summed E-state index contributed by atoms with van der Waals surface area (Å²) in [7, 11) is 0. The van der Waals surface area contributed by atoms with Crippen molar-refractivity contribution in [3.8, 4) is 0 Å². The van der Waals surface area contributed by atoms with E-state index < -0.39 is 6.04 Å². The molecule has 0 spiro atoms. The van der Waals surface area contributed by atoms with Gasteiger partial charge in [0.2, 0.25) is 11.8 Å². The van der Waals surface area contributed by atoms with Crippen LogP contribution in [0.2, 0.25) is 0 Å². The van der Waals surface area contributed by atoms with E-state index in [1.54, 1.807) is 4.90 Å². The molecule has 19 heavy (non-hydrogen) atoms. The zero-order chi connectivity index (χ0) is 14.3. The molecular formula is C14H27N3O2. The van der Waals surface area contributed by atoms with Crippen molar-refractivity contribution < 1.29 is 9.59 Å². The molecule has 1 aliphatic rings. The summed E-state index contributed by atoms with van der Waals surface area (Å²) in [5.74, 6) is 0.107. The van der Waals surface area contributed by atoms with E-state index in [9.17, 15) is 9.59 Å². The van der Waals surface area contributed by atoms with Gasteiger partial charge in [0, 0.05) is 25.6 Å². The Kier molecular flexibility index (Phi) is 6.84. The first-order chi connectivity index (χ1) is 9.08. The van der Waals surface area contributed by atoms with Gasteiger partial charge in [0.05, 0.1) is 6.04 Å². The second-order valence-electron chi connectivity index (χ2n) is 5.34. The summed E-state index contributed by atoms with van der Waals surface area (Å²) in [5.41, 5.74) is 5.87. The van der Waals surface area contributed by atoms with E-state index in [1.165, 1.54) is 0 Å². The van der Waals surface area contributed by atoms with Crippen molar-refractivity contribution in [1.82, 2.24) is 10.2 Å². The Hall–Kier alpha value is -1.10. The van der Waals surface area contributed by atoms with E-state index in [0.29, 0.717) is 13.0 Å². The minimum absolute atomic E-state index is 0.0243. The lowest BCUT2D eigenvalue weighted by Gasteiger charge is -2.34. The summed E-state index contributed by atoms with van der Waals surface area (Å²) in [6.07, 6.45) is 4.92. The number of piperidine rings is 1. The topological polar surface area (TPSA) is 75.4 Å². The second-order valence-corrected chi connectivity index (χ2v) is 5.34. The molecule has 2 unspecified atom stereocenters. The van der Waals surface area contributed by atoms with E-state index in [0.717, 1.165) is 38.6 Å². The lowest BCUT2D eigenvalue weighted by molar-refractivity contribution is -0.135. The number of hydrogen-bond donors (Lipinski definition) is 2. The number of hydrogen-bond acceptors (Lipinski definition) is 3. The van der Waals surface area contributed by atoms with Crippen molar-refractivity contribution in [2.24, 2.45) is 5.73 Å². The molecule has 1 heterocycles. The number of carbonyl (C=O) groups is 2. The van der Waals surface area contributed by atoms with Crippen molar-refractivity contribution in [2.45, 2.75) is 64.5 Å². The summed E-state index contributed by atoms with van der Waals surface area (Å²) >= 11 is 0. The highest BCUT2D eigenvalue weighted by atomic mass is 16.2. The molecule has 1 fully saturated rings. The molecule has 2 atom stereocenters. The van der Waals surface area contributed by atoms with Gasteiger partial charge in [-0.25, -0.2) is 0 Å². The minimum atomic E-state index is -0.393. The zero-order valence-corrected chi connectivity index (χ0v) is 12.2. The van der Waals surface area contributed by atoms with Gasteiger partial charge in [-0.15, -0.1) is 0 Å². The first-order valence-corrected chi connectivity index (χ1v) is 7.42. The Morgan fingerprint density at radius 2 is 2.11 bits per heavy atom. The van der Waals surface area contributed by atoms with Crippen LogP contribution >= 0.6 is 0 Å². The van der Waals surface area contributed by atoms with Gasteiger partial charge in [-0.05, 0) is 25.7 Å². The van der Waals surface area contributed by atoms with Crippen molar-refractivity contribution in [3.05, 3.63) is 0 Å². The van der Waals surface area contributed by atoms with Crippen LogP contribution in [0.15, 0.2) is 0 Å². The average molecular weight is 269 g/mol. The fourth-order valence-corrected chi connectivity index (χ4v) is 2.49. The molecule has 0 radical (unpaired) electrons. The largest absolute Gasteiger partial charge is 0.352 e. The van der Waals surface area contributed by atoms with Crippen LogP contribution in [0.4, 0.5) is 0 Å². The number of likely N-dealkylation sites (tertiary alicyclic amines) is 1. The number of nitrogens with two attached hydrogens (primary N) is 1. The van der Waals surface area contributed by atoms with Gasteiger partial charge in [0.25, 0.3) is 0 Å². The molecule has 0 aromatic rings. The third-order valence-electron chi connectivity index (χ3n) is 3.49. The molecule has 0 aromatic heterocycles. The van der Waals surface area contributed by atoms with Crippen LogP contribution in [0.3, 0.4) is 0 Å². The van der Waals surface area contributed by atoms with Gasteiger partial charge < -0.3 is 16.0 Å². The van der Waals surface area contributed by atoms with Gasteiger partial charge in [0.15, 0.2) is 0 Å². The molecule has 3 N–H and O–H groups in total. The lowest BCUT2D eigenvalue weighted by Crippen LogP contribution is -2.53. The summed E-state index contributed by atoms with van der Waals surface area (Å²) in [5, 5.41) is 3.00. The number of amides is 2. The highest BCUT2D eigenvalue weighted by molar-refractivity contribution is 5.82. The van der Waals surface area contributed by atoms with Crippen molar-refractivity contribution >= 4 is 11.8 Å². The Morgan fingerprint density at radius 3 is 2.74 bits per heavy atom. The van der Waals surface area contributed by atoms with E-state index in [-0.39, 0.29) is 17.9 Å². The van der Waals surface area contributed by atoms with Crippen LogP contribution < -0.4 is 11.1 Å². The number of carbonyl (C=O) groups excluding carboxylic acids is 2. The quantitative estimate of drug-likeness (QED) is 0.756. The van der Waals surface area contributed by atoms with Gasteiger partial charge in [-0.1, -0.05) is 20.3 Å². The van der Waals surface area contributed by atoms with Crippen LogP contribution in [0.5, 0.6) is 0 Å². The molecule has 0 aromatic carbocycles. The molecule has 0 aliphatic carbocycles. The summed E-state index contributed by atoms with van der Waals surface area (Å²) in [6, 6.07) is -0.305. The van der Waals surface area contributed by atoms with E-state index >= 15 is 0 Å². The van der Waals surface area contributed by atoms with Crippen LogP contribution in [-0.2, 0) is 9.59 Å². The SMILES string of the molecule is CCCC(=O)NC1CCCN(C(=O)C(N)CCC)C1. The molecule has 5 heteroatoms. The predicted octanol–water partition coefficient (Wildman–Crippen LogP) is 1.02. The van der Waals surface area contributed by atoms with E-state index in [1.807, 2.05) is 13.8 Å². The zero-order valence-electron chi connectivity index (χ0n) is 12.2. The van der Waals surface area contributed by atoms with Crippen LogP contribution in [0.25, 0.3) is 0 Å². The molecule has 2 amide bonds. The standard InChI is InChI=1S/C14H27N3O2/c1-3-6-12(15)14(19)17-9-5-8-11(10-17)16-13(18)7-4-2/h11-12H,3-10,15H2,1-2H3,(H,16,18). The molecular weight excluding hydrogens is 242 g/mol. The Balaban J connectivity index is 2.45. The van der Waals surface area contributed by atoms with Crippen molar-refractivity contribution in [2.75, 3.05) is 13.1 Å². The lowest BCUT2D eigenvalue weighted by atomic mass is 10.0. The maximum absolute atomic E-state index is 12.1. The van der Waals surface area contributed by atoms with Crippen LogP contribution in [0, 0.1) is 0 Å². The normalized spacial score (nSPS) is 21.0. The fourth-order valence-electron chi connectivity index (χ4n) is 2.49. The summed E-state index contributed by atoms with van der Waals surface area (Å²) in [6.45, 7) is 5.37. The highest BCUT2D eigenvalue weighted by Gasteiger charge is 2.27. The van der Waals surface area contributed by atoms with Crippen molar-refractivity contribution in [3.63, 3.8) is 0 Å².